The summed E-state index contributed by atoms with van der Waals surface area (Å²) in [4.78, 5) is 44.5. The molecule has 0 heterocycles. The molecular formula is C38H60N4O8. The number of rotatable bonds is 15. The first-order valence-corrected chi connectivity index (χ1v) is 16.7. The molecule has 2 amide bonds. The van der Waals surface area contributed by atoms with Crippen LogP contribution in [0.5, 0.6) is 0 Å². The number of ketones is 2. The second-order valence-electron chi connectivity index (χ2n) is 13.7. The van der Waals surface area contributed by atoms with Crippen molar-refractivity contribution in [3.05, 3.63) is 84.4 Å². The van der Waals surface area contributed by atoms with Gasteiger partial charge in [-0.05, 0) is 85.4 Å². The summed E-state index contributed by atoms with van der Waals surface area (Å²) in [6, 6.07) is 18.3. The smallest absolute Gasteiger partial charge is 0.407 e. The molecule has 12 heteroatoms. The minimum absolute atomic E-state index is 0.0185. The molecule has 0 radical (unpaired) electrons. The van der Waals surface area contributed by atoms with Crippen LogP contribution in [0.2, 0.25) is 0 Å². The maximum Gasteiger partial charge on any atom is 0.407 e. The van der Waals surface area contributed by atoms with Crippen molar-refractivity contribution in [1.82, 2.24) is 16.0 Å². The number of ether oxygens (including phenoxy) is 2. The predicted molar refractivity (Wildman–Crippen MR) is 197 cm³/mol. The summed E-state index contributed by atoms with van der Waals surface area (Å²) in [6.45, 7) is 17.8. The molecule has 0 spiro atoms. The number of aliphatic hydroxyl groups excluding tert-OH is 2. The van der Waals surface area contributed by atoms with Gasteiger partial charge in [0.15, 0.2) is 5.78 Å². The highest BCUT2D eigenvalue weighted by Gasteiger charge is 2.26. The van der Waals surface area contributed by atoms with Gasteiger partial charge in [-0.25, -0.2) is 9.59 Å². The van der Waals surface area contributed by atoms with Crippen LogP contribution >= 0.6 is 0 Å². The van der Waals surface area contributed by atoms with Crippen LogP contribution in [0.4, 0.5) is 9.59 Å². The zero-order chi connectivity index (χ0) is 38.3. The van der Waals surface area contributed by atoms with E-state index < -0.39 is 47.7 Å². The van der Waals surface area contributed by atoms with E-state index in [1.165, 1.54) is 19.9 Å². The minimum Gasteiger partial charge on any atom is -0.444 e. The minimum atomic E-state index is -0.817. The summed E-state index contributed by atoms with van der Waals surface area (Å²) < 4.78 is 10.5. The highest BCUT2D eigenvalue weighted by atomic mass is 16.6. The molecule has 0 aliphatic rings. The van der Waals surface area contributed by atoms with Gasteiger partial charge in [0, 0.05) is 26.1 Å². The second-order valence-corrected chi connectivity index (χ2v) is 13.7. The van der Waals surface area contributed by atoms with Gasteiger partial charge in [0.1, 0.15) is 17.0 Å². The number of carbonyl (C=O) groups is 4. The van der Waals surface area contributed by atoms with Crippen molar-refractivity contribution in [1.29, 1.82) is 0 Å². The molecule has 0 saturated heterocycles. The van der Waals surface area contributed by atoms with E-state index in [1.807, 2.05) is 60.7 Å². The molecule has 7 N–H and O–H groups in total. The Labute approximate surface area is 298 Å². The van der Waals surface area contributed by atoms with Gasteiger partial charge < -0.3 is 41.4 Å². The number of carbonyl (C=O) groups excluding carboxylic acids is 4. The molecule has 50 heavy (non-hydrogen) atoms. The van der Waals surface area contributed by atoms with E-state index in [0.29, 0.717) is 25.8 Å². The second kappa shape index (κ2) is 24.1. The van der Waals surface area contributed by atoms with E-state index in [0.717, 1.165) is 11.1 Å². The third-order valence-electron chi connectivity index (χ3n) is 6.47. The molecule has 0 fully saturated rings. The molecule has 0 aliphatic heterocycles. The van der Waals surface area contributed by atoms with E-state index in [-0.39, 0.29) is 24.7 Å². The van der Waals surface area contributed by atoms with Crippen LogP contribution in [0, 0.1) is 0 Å². The molecule has 0 aromatic heterocycles. The van der Waals surface area contributed by atoms with Crippen molar-refractivity contribution in [3.63, 3.8) is 0 Å². The molecule has 12 nitrogen and oxygen atoms in total. The van der Waals surface area contributed by atoms with Gasteiger partial charge in [0.05, 0.1) is 24.3 Å². The number of alkyl carbamates (subject to hydrolysis) is 2. The van der Waals surface area contributed by atoms with Crippen molar-refractivity contribution < 1.29 is 38.9 Å². The zero-order valence-corrected chi connectivity index (χ0v) is 31.0. The van der Waals surface area contributed by atoms with Crippen molar-refractivity contribution in [2.75, 3.05) is 19.6 Å². The van der Waals surface area contributed by atoms with Crippen LogP contribution in [-0.4, -0.2) is 89.1 Å². The van der Waals surface area contributed by atoms with E-state index in [2.05, 4.69) is 22.5 Å². The number of allylic oxidation sites excluding steroid dienone is 1. The normalized spacial score (nSPS) is 13.3. The first kappa shape index (κ1) is 45.9. The summed E-state index contributed by atoms with van der Waals surface area (Å²) in [5.74, 6) is 0.111. The molecule has 0 saturated carbocycles. The summed E-state index contributed by atoms with van der Waals surface area (Å²) in [6.07, 6.45) is -0.0616. The number of aliphatic hydroxyl groups is 2. The zero-order valence-electron chi connectivity index (χ0n) is 31.0. The van der Waals surface area contributed by atoms with Gasteiger partial charge in [-0.2, -0.15) is 0 Å². The van der Waals surface area contributed by atoms with Crippen LogP contribution in [0.15, 0.2) is 73.3 Å². The van der Waals surface area contributed by atoms with Crippen LogP contribution in [0.25, 0.3) is 0 Å². The number of nitrogens with two attached hydrogens (primary N) is 1. The Hall–Kier alpha value is -4.10. The maximum atomic E-state index is 12.1. The van der Waals surface area contributed by atoms with Gasteiger partial charge in [-0.15, -0.1) is 0 Å². The standard InChI is InChI=1S/C19H30N2O4.C15H24N2O3.C4H6O/c1-14(22)10-11-20-13-17(23)16(12-15-8-6-5-7-9-15)21-18(24)25-19(2,3)4;1-15(2,3)20-14(19)17-12(13(18)10-16)9-11-7-5-4-6-8-11;1-3-4(2)5/h5-9,16-17,20,23H,10-13H2,1-4H3,(H,21,24);4-8,12-13,18H,9-10,16H2,1-3H3,(H,17,19);3H,1H2,2H3/t16-,17+;12-,13+;/m00./s1. The van der Waals surface area contributed by atoms with Crippen LogP contribution < -0.4 is 21.7 Å². The van der Waals surface area contributed by atoms with Crippen molar-refractivity contribution in [2.45, 2.75) is 110 Å². The summed E-state index contributed by atoms with van der Waals surface area (Å²) in [5.41, 5.74) is 6.33. The molecule has 0 bridgehead atoms. The summed E-state index contributed by atoms with van der Waals surface area (Å²) in [7, 11) is 0. The summed E-state index contributed by atoms with van der Waals surface area (Å²) >= 11 is 0. The third-order valence-corrected chi connectivity index (χ3v) is 6.47. The fourth-order valence-corrected chi connectivity index (χ4v) is 4.04. The Balaban J connectivity index is 0.000000860. The van der Waals surface area contributed by atoms with Gasteiger partial charge in [-0.3, -0.25) is 9.59 Å². The maximum absolute atomic E-state index is 12.1. The van der Waals surface area contributed by atoms with Gasteiger partial charge >= 0.3 is 12.2 Å². The average molecular weight is 701 g/mol. The lowest BCUT2D eigenvalue weighted by molar-refractivity contribution is -0.117. The number of hydrogen-bond acceptors (Lipinski definition) is 10. The number of Topliss-reactive ketones (excluding diaryl/α,β-unsaturated/α-hetero) is 1. The molecule has 4 atom stereocenters. The first-order valence-electron chi connectivity index (χ1n) is 16.7. The first-order chi connectivity index (χ1) is 23.3. The van der Waals surface area contributed by atoms with E-state index in [9.17, 15) is 29.4 Å². The molecule has 280 valence electrons. The molecule has 0 aliphatic carbocycles. The Kier molecular flexibility index (Phi) is 22.1. The fraction of sp³-hybridized carbons (Fsp3) is 0.526. The largest absolute Gasteiger partial charge is 0.444 e. The molecular weight excluding hydrogens is 640 g/mol. The lowest BCUT2D eigenvalue weighted by atomic mass is 10.0. The van der Waals surface area contributed by atoms with E-state index >= 15 is 0 Å². The van der Waals surface area contributed by atoms with Gasteiger partial charge in [-0.1, -0.05) is 67.2 Å². The SMILES string of the molecule is C=CC(C)=O.CC(=O)CCNC[C@@H](O)[C@H](Cc1ccccc1)NC(=O)OC(C)(C)C.CC(C)(C)OC(=O)N[C@@H](Cc1ccccc1)[C@H](O)CN. The molecule has 0 unspecified atom stereocenters. The Morgan fingerprint density at radius 2 is 1.14 bits per heavy atom. The molecule has 2 rings (SSSR count). The lowest BCUT2D eigenvalue weighted by Gasteiger charge is -2.27. The van der Waals surface area contributed by atoms with Crippen LogP contribution in [0.3, 0.4) is 0 Å². The number of amides is 2. The van der Waals surface area contributed by atoms with Gasteiger partial charge in [0.25, 0.3) is 0 Å². The summed E-state index contributed by atoms with van der Waals surface area (Å²) in [5, 5.41) is 28.9. The van der Waals surface area contributed by atoms with Gasteiger partial charge in [0.2, 0.25) is 0 Å². The fourth-order valence-electron chi connectivity index (χ4n) is 4.04. The molecule has 2 aromatic carbocycles. The number of nitrogens with one attached hydrogen (secondary N) is 3. The Morgan fingerprint density at radius 1 is 0.760 bits per heavy atom. The highest BCUT2D eigenvalue weighted by Crippen LogP contribution is 2.12. The number of benzene rings is 2. The van der Waals surface area contributed by atoms with E-state index in [4.69, 9.17) is 15.2 Å². The third kappa shape index (κ3) is 25.0. The quantitative estimate of drug-likeness (QED) is 0.116. The Morgan fingerprint density at radius 3 is 1.46 bits per heavy atom. The van der Waals surface area contributed by atoms with Crippen LogP contribution in [0.1, 0.15) is 72.9 Å². The van der Waals surface area contributed by atoms with E-state index in [1.54, 1.807) is 41.5 Å². The van der Waals surface area contributed by atoms with Crippen molar-refractivity contribution >= 4 is 23.8 Å². The molecule has 2 aromatic rings. The Bertz CT molecular complexity index is 1280. The lowest BCUT2D eigenvalue weighted by Crippen LogP contribution is -2.50. The monoisotopic (exact) mass is 700 g/mol. The van der Waals surface area contributed by atoms with Crippen LogP contribution in [-0.2, 0) is 31.9 Å². The topological polar surface area (TPSA) is 189 Å². The average Bonchev–Trinajstić information content (AvgIpc) is 3.01. The van der Waals surface area contributed by atoms with Crippen molar-refractivity contribution in [3.8, 4) is 0 Å². The van der Waals surface area contributed by atoms with Crippen molar-refractivity contribution in [2.24, 2.45) is 5.73 Å². The highest BCUT2D eigenvalue weighted by molar-refractivity contribution is 5.86. The number of hydrogen-bond donors (Lipinski definition) is 6. The predicted octanol–water partition coefficient (Wildman–Crippen LogP) is 4.26.